The minimum absolute atomic E-state index is 0.103. The van der Waals surface area contributed by atoms with Crippen molar-refractivity contribution in [1.82, 2.24) is 24.8 Å². The lowest BCUT2D eigenvalue weighted by molar-refractivity contribution is 0.0488. The zero-order valence-electron chi connectivity index (χ0n) is 19.0. The molecule has 172 valence electrons. The molecule has 10 heteroatoms. The van der Waals surface area contributed by atoms with Crippen molar-refractivity contribution < 1.29 is 19.1 Å². The average Bonchev–Trinajstić information content (AvgIpc) is 3.46. The number of ether oxygens (including phenoxy) is 1. The highest BCUT2D eigenvalue weighted by atomic mass is 16.5. The Balaban J connectivity index is 1.85. The molecule has 1 atom stereocenters. The van der Waals surface area contributed by atoms with Crippen molar-refractivity contribution in [1.29, 1.82) is 0 Å². The van der Waals surface area contributed by atoms with E-state index in [1.165, 1.54) is 11.6 Å². The van der Waals surface area contributed by atoms with E-state index < -0.39 is 5.60 Å². The van der Waals surface area contributed by atoms with Gasteiger partial charge in [0.2, 0.25) is 11.7 Å². The zero-order valence-corrected chi connectivity index (χ0v) is 19.0. The number of H-pyrrole nitrogens is 1. The van der Waals surface area contributed by atoms with Gasteiger partial charge in [0.05, 0.1) is 0 Å². The Labute approximate surface area is 185 Å². The molecule has 1 aliphatic heterocycles. The van der Waals surface area contributed by atoms with Gasteiger partial charge in [0.15, 0.2) is 0 Å². The standard InChI is InChI=1S/C22H29N5O5/c1-22(2,30)21-25-19(31-11-12-7-6-8-26(12)4)17(32-21)14-10-27(5)20(29)16-13(14)9-15(24-16)18(28)23-3/h9-10,12,24,30H,6-8,11H2,1-5H3,(H,23,28). The number of nitrogens with zero attached hydrogens (tertiary/aromatic N) is 3. The van der Waals surface area contributed by atoms with E-state index in [4.69, 9.17) is 9.15 Å². The van der Waals surface area contributed by atoms with E-state index in [2.05, 4.69) is 27.2 Å². The molecule has 1 aliphatic rings. The smallest absolute Gasteiger partial charge is 0.274 e. The number of likely N-dealkylation sites (N-methyl/N-ethyl adjacent to an activating group) is 1. The molecule has 0 spiro atoms. The number of pyridine rings is 1. The topological polar surface area (TPSA) is 126 Å². The third kappa shape index (κ3) is 3.91. The number of aromatic nitrogens is 3. The van der Waals surface area contributed by atoms with Gasteiger partial charge in [0.25, 0.3) is 17.3 Å². The third-order valence-electron chi connectivity index (χ3n) is 5.88. The lowest BCUT2D eigenvalue weighted by atomic mass is 10.1. The summed E-state index contributed by atoms with van der Waals surface area (Å²) < 4.78 is 13.5. The van der Waals surface area contributed by atoms with Gasteiger partial charge in [0.1, 0.15) is 23.4 Å². The predicted molar refractivity (Wildman–Crippen MR) is 119 cm³/mol. The monoisotopic (exact) mass is 443 g/mol. The number of hydrogen-bond donors (Lipinski definition) is 3. The minimum atomic E-state index is -1.33. The molecule has 1 fully saturated rings. The first-order valence-electron chi connectivity index (χ1n) is 10.6. The Morgan fingerprint density at radius 3 is 2.81 bits per heavy atom. The van der Waals surface area contributed by atoms with E-state index in [1.807, 2.05) is 0 Å². The van der Waals surface area contributed by atoms with Crippen LogP contribution >= 0.6 is 0 Å². The van der Waals surface area contributed by atoms with Crippen LogP contribution in [0, 0.1) is 0 Å². The summed E-state index contributed by atoms with van der Waals surface area (Å²) in [5, 5.41) is 13.5. The van der Waals surface area contributed by atoms with E-state index in [1.54, 1.807) is 33.2 Å². The highest BCUT2D eigenvalue weighted by molar-refractivity contribution is 6.02. The van der Waals surface area contributed by atoms with E-state index in [9.17, 15) is 14.7 Å². The molecule has 0 radical (unpaired) electrons. The van der Waals surface area contributed by atoms with Crippen LogP contribution in [0.4, 0.5) is 0 Å². The number of amides is 1. The van der Waals surface area contributed by atoms with Crippen LogP contribution in [0.15, 0.2) is 21.5 Å². The fraction of sp³-hybridized carbons (Fsp3) is 0.500. The molecule has 0 aliphatic carbocycles. The van der Waals surface area contributed by atoms with E-state index in [0.717, 1.165) is 19.4 Å². The van der Waals surface area contributed by atoms with Gasteiger partial charge in [-0.2, -0.15) is 4.98 Å². The number of likely N-dealkylation sites (tertiary alicyclic amines) is 1. The van der Waals surface area contributed by atoms with Crippen LogP contribution < -0.4 is 15.6 Å². The van der Waals surface area contributed by atoms with Gasteiger partial charge in [0, 0.05) is 37.3 Å². The van der Waals surface area contributed by atoms with Gasteiger partial charge in [-0.05, 0) is 46.3 Å². The summed E-state index contributed by atoms with van der Waals surface area (Å²) >= 11 is 0. The summed E-state index contributed by atoms with van der Waals surface area (Å²) in [6.45, 7) is 4.59. The Bertz CT molecular complexity index is 1220. The summed E-state index contributed by atoms with van der Waals surface area (Å²) in [5.41, 5.74) is -0.552. The number of fused-ring (bicyclic) bond motifs is 1. The highest BCUT2D eigenvalue weighted by Crippen LogP contribution is 2.38. The van der Waals surface area contributed by atoms with Crippen LogP contribution in [0.1, 0.15) is 43.1 Å². The molecule has 3 aromatic rings. The molecular formula is C22H29N5O5. The summed E-state index contributed by atoms with van der Waals surface area (Å²) in [6.07, 6.45) is 3.76. The van der Waals surface area contributed by atoms with Crippen LogP contribution in [0.3, 0.4) is 0 Å². The number of carbonyl (C=O) groups is 1. The van der Waals surface area contributed by atoms with Gasteiger partial charge >= 0.3 is 0 Å². The number of nitrogens with one attached hydrogen (secondary N) is 2. The van der Waals surface area contributed by atoms with Crippen LogP contribution in [0.25, 0.3) is 22.2 Å². The average molecular weight is 444 g/mol. The number of oxazole rings is 1. The number of aromatic amines is 1. The van der Waals surface area contributed by atoms with Crippen molar-refractivity contribution in [3.63, 3.8) is 0 Å². The second-order valence-electron chi connectivity index (χ2n) is 8.81. The highest BCUT2D eigenvalue weighted by Gasteiger charge is 2.30. The minimum Gasteiger partial charge on any atom is -0.473 e. The first kappa shape index (κ1) is 22.1. The van der Waals surface area contributed by atoms with E-state index in [0.29, 0.717) is 23.3 Å². The number of aryl methyl sites for hydroxylation is 1. The summed E-state index contributed by atoms with van der Waals surface area (Å²) in [6, 6.07) is 1.86. The Morgan fingerprint density at radius 2 is 2.19 bits per heavy atom. The maximum absolute atomic E-state index is 12.7. The van der Waals surface area contributed by atoms with Crippen molar-refractivity contribution in [3.05, 3.63) is 34.2 Å². The molecule has 3 aromatic heterocycles. The molecular weight excluding hydrogens is 414 g/mol. The second kappa shape index (κ2) is 8.10. The maximum atomic E-state index is 12.7. The predicted octanol–water partition coefficient (Wildman–Crippen LogP) is 1.58. The molecule has 0 saturated carbocycles. The van der Waals surface area contributed by atoms with Crippen molar-refractivity contribution in [2.45, 2.75) is 38.3 Å². The molecule has 32 heavy (non-hydrogen) atoms. The van der Waals surface area contributed by atoms with Crippen LogP contribution in [0.5, 0.6) is 5.88 Å². The molecule has 1 unspecified atom stereocenters. The van der Waals surface area contributed by atoms with Crippen molar-refractivity contribution >= 4 is 16.8 Å². The molecule has 4 heterocycles. The first-order chi connectivity index (χ1) is 15.1. The SMILES string of the molecule is CNC(=O)c1cc2c(-c3oc(C(C)(C)O)nc3OCC3CCCN3C)cn(C)c(=O)c2[nH]1. The molecule has 10 nitrogen and oxygen atoms in total. The molecule has 0 aromatic carbocycles. The quantitative estimate of drug-likeness (QED) is 0.528. The number of carbonyl (C=O) groups excluding carboxylic acids is 1. The summed E-state index contributed by atoms with van der Waals surface area (Å²) in [7, 11) is 5.20. The van der Waals surface area contributed by atoms with Crippen molar-refractivity contribution in [2.24, 2.45) is 7.05 Å². The van der Waals surface area contributed by atoms with Crippen LogP contribution in [-0.4, -0.2) is 63.7 Å². The van der Waals surface area contributed by atoms with Gasteiger partial charge in [-0.15, -0.1) is 0 Å². The van der Waals surface area contributed by atoms with Gasteiger partial charge in [-0.25, -0.2) is 0 Å². The third-order valence-corrected chi connectivity index (χ3v) is 5.88. The molecule has 0 bridgehead atoms. The summed E-state index contributed by atoms with van der Waals surface area (Å²) in [4.78, 5) is 34.4. The number of rotatable bonds is 6. The lowest BCUT2D eigenvalue weighted by Crippen LogP contribution is -2.30. The van der Waals surface area contributed by atoms with Crippen molar-refractivity contribution in [3.8, 4) is 17.2 Å². The molecule has 4 rings (SSSR count). The lowest BCUT2D eigenvalue weighted by Gasteiger charge is -2.19. The Kier molecular flexibility index (Phi) is 5.59. The largest absolute Gasteiger partial charge is 0.473 e. The molecule has 1 amide bonds. The van der Waals surface area contributed by atoms with Gasteiger partial charge < -0.3 is 34.0 Å². The zero-order chi connectivity index (χ0) is 23.2. The van der Waals surface area contributed by atoms with Crippen LogP contribution in [-0.2, 0) is 12.6 Å². The van der Waals surface area contributed by atoms with E-state index >= 15 is 0 Å². The maximum Gasteiger partial charge on any atom is 0.274 e. The first-order valence-corrected chi connectivity index (χ1v) is 10.6. The Hall–Kier alpha value is -3.11. The normalized spacial score (nSPS) is 17.2. The van der Waals surface area contributed by atoms with Crippen molar-refractivity contribution in [2.75, 3.05) is 27.2 Å². The van der Waals surface area contributed by atoms with E-state index in [-0.39, 0.29) is 40.5 Å². The number of hydrogen-bond acceptors (Lipinski definition) is 7. The number of aliphatic hydroxyl groups is 1. The summed E-state index contributed by atoms with van der Waals surface area (Å²) in [5.74, 6) is 0.298. The van der Waals surface area contributed by atoms with Gasteiger partial charge in [-0.3, -0.25) is 9.59 Å². The molecule has 3 N–H and O–H groups in total. The Morgan fingerprint density at radius 1 is 1.44 bits per heavy atom. The second-order valence-corrected chi connectivity index (χ2v) is 8.81. The van der Waals surface area contributed by atoms with Crippen LogP contribution in [0.2, 0.25) is 0 Å². The molecule has 1 saturated heterocycles. The van der Waals surface area contributed by atoms with Gasteiger partial charge in [-0.1, -0.05) is 0 Å². The fourth-order valence-corrected chi connectivity index (χ4v) is 3.97. The fourth-order valence-electron chi connectivity index (χ4n) is 3.97.